The van der Waals surface area contributed by atoms with Crippen LogP contribution in [0.1, 0.15) is 23.6 Å². The predicted molar refractivity (Wildman–Crippen MR) is 160 cm³/mol. The van der Waals surface area contributed by atoms with Crippen molar-refractivity contribution in [1.29, 1.82) is 0 Å². The topological polar surface area (TPSA) is 62.4 Å². The van der Waals surface area contributed by atoms with Gasteiger partial charge in [-0.1, -0.05) is 53.5 Å². The fraction of sp³-hybridized carbons (Fsp3) is 0.125. The Morgan fingerprint density at radius 2 is 1.59 bits per heavy atom. The molecule has 0 bridgehead atoms. The zero-order valence-electron chi connectivity index (χ0n) is 23.0. The molecule has 1 N–H and O–H groups in total. The van der Waals surface area contributed by atoms with E-state index in [1.54, 1.807) is 48.5 Å². The number of aromatic nitrogens is 1. The summed E-state index contributed by atoms with van der Waals surface area (Å²) in [5.41, 5.74) is 1.13. The Balaban J connectivity index is 1.56. The van der Waals surface area contributed by atoms with Crippen LogP contribution in [0, 0.1) is 34.9 Å². The lowest BCUT2D eigenvalue weighted by atomic mass is 9.92. The van der Waals surface area contributed by atoms with Crippen molar-refractivity contribution in [3.05, 3.63) is 129 Å². The predicted octanol–water partition coefficient (Wildman–Crippen LogP) is 8.92. The highest BCUT2D eigenvalue weighted by Crippen LogP contribution is 2.55. The number of carbonyl (C=O) groups excluding carboxylic acids is 2. The SMILES string of the molecule is O=C1C[C@@](Sc2ccccc2)(C(=O)Oc2c(F)c(F)c(F)c(F)c2F)[C@H](c2c[nH]c3cc(Cl)ccc23)N1Cc1ccc(Cl)c(F)c1. The van der Waals surface area contributed by atoms with Gasteiger partial charge in [0.05, 0.1) is 17.5 Å². The van der Waals surface area contributed by atoms with Gasteiger partial charge in [-0.15, -0.1) is 11.8 Å². The van der Waals surface area contributed by atoms with E-state index in [0.717, 1.165) is 17.8 Å². The maximum absolute atomic E-state index is 14.8. The van der Waals surface area contributed by atoms with Gasteiger partial charge in [0.25, 0.3) is 0 Å². The summed E-state index contributed by atoms with van der Waals surface area (Å²) < 4.78 is 89.1. The van der Waals surface area contributed by atoms with E-state index in [1.165, 1.54) is 23.2 Å². The number of nitrogens with zero attached hydrogens (tertiary/aromatic N) is 1. The molecular formula is C32H18Cl2F6N2O3S. The molecule has 1 fully saturated rings. The van der Waals surface area contributed by atoms with E-state index in [1.807, 2.05) is 0 Å². The molecular weight excluding hydrogens is 677 g/mol. The Morgan fingerprint density at radius 3 is 2.26 bits per heavy atom. The summed E-state index contributed by atoms with van der Waals surface area (Å²) in [5, 5.41) is 0.702. The second kappa shape index (κ2) is 12.2. The van der Waals surface area contributed by atoms with E-state index in [0.29, 0.717) is 26.4 Å². The van der Waals surface area contributed by atoms with E-state index in [-0.39, 0.29) is 17.1 Å². The third kappa shape index (κ3) is 5.48. The average Bonchev–Trinajstić information content (AvgIpc) is 3.56. The summed E-state index contributed by atoms with van der Waals surface area (Å²) in [5.74, 6) is -16.5. The van der Waals surface area contributed by atoms with Crippen molar-refractivity contribution < 1.29 is 40.7 Å². The summed E-state index contributed by atoms with van der Waals surface area (Å²) in [6, 6.07) is 15.5. The fourth-order valence-electron chi connectivity index (χ4n) is 5.47. The second-order valence-electron chi connectivity index (χ2n) is 10.4. The molecule has 6 rings (SSSR count). The number of amides is 1. The number of halogens is 8. The smallest absolute Gasteiger partial charge is 0.331 e. The highest BCUT2D eigenvalue weighted by atomic mass is 35.5. The highest BCUT2D eigenvalue weighted by molar-refractivity contribution is 8.01. The number of esters is 1. The van der Waals surface area contributed by atoms with Gasteiger partial charge in [0.15, 0.2) is 4.75 Å². The van der Waals surface area contributed by atoms with Crippen LogP contribution in [0.4, 0.5) is 26.3 Å². The number of carbonyl (C=O) groups is 2. The first kappa shape index (κ1) is 31.8. The fourth-order valence-corrected chi connectivity index (χ4v) is 7.16. The molecule has 1 amide bonds. The number of hydrogen-bond donors (Lipinski definition) is 1. The molecule has 2 heterocycles. The first-order valence-corrected chi connectivity index (χ1v) is 15.0. The first-order valence-electron chi connectivity index (χ1n) is 13.4. The lowest BCUT2D eigenvalue weighted by Gasteiger charge is -2.35. The minimum atomic E-state index is -2.43. The number of H-pyrrole nitrogens is 1. The van der Waals surface area contributed by atoms with Crippen LogP contribution in [0.2, 0.25) is 10.0 Å². The number of hydrogen-bond acceptors (Lipinski definition) is 4. The lowest BCUT2D eigenvalue weighted by Crippen LogP contribution is -2.44. The van der Waals surface area contributed by atoms with Gasteiger partial charge in [-0.3, -0.25) is 4.79 Å². The molecule has 0 saturated carbocycles. The number of fused-ring (bicyclic) bond motifs is 1. The Labute approximate surface area is 271 Å². The minimum Gasteiger partial charge on any atom is -0.419 e. The summed E-state index contributed by atoms with van der Waals surface area (Å²) in [4.78, 5) is 32.9. The van der Waals surface area contributed by atoms with Crippen molar-refractivity contribution in [2.24, 2.45) is 0 Å². The molecule has 1 aromatic heterocycles. The molecule has 0 unspecified atom stereocenters. The molecule has 5 nitrogen and oxygen atoms in total. The van der Waals surface area contributed by atoms with Crippen LogP contribution in [0.5, 0.6) is 5.75 Å². The van der Waals surface area contributed by atoms with E-state index < -0.39 is 69.7 Å². The van der Waals surface area contributed by atoms with Crippen LogP contribution in [0.3, 0.4) is 0 Å². The van der Waals surface area contributed by atoms with Crippen molar-refractivity contribution in [3.63, 3.8) is 0 Å². The van der Waals surface area contributed by atoms with E-state index >= 15 is 0 Å². The molecule has 236 valence electrons. The minimum absolute atomic E-state index is 0.165. The zero-order valence-corrected chi connectivity index (χ0v) is 25.4. The third-order valence-corrected chi connectivity index (χ3v) is 9.50. The molecule has 1 saturated heterocycles. The molecule has 0 spiro atoms. The number of ether oxygens (including phenoxy) is 1. The number of thioether (sulfide) groups is 1. The Kier molecular flexibility index (Phi) is 8.47. The van der Waals surface area contributed by atoms with Gasteiger partial charge in [-0.05, 0) is 42.0 Å². The second-order valence-corrected chi connectivity index (χ2v) is 12.6. The van der Waals surface area contributed by atoms with Gasteiger partial charge in [-0.25, -0.2) is 22.4 Å². The van der Waals surface area contributed by atoms with Gasteiger partial charge >= 0.3 is 5.97 Å². The monoisotopic (exact) mass is 694 g/mol. The molecule has 14 heteroatoms. The quantitative estimate of drug-likeness (QED) is 0.0608. The van der Waals surface area contributed by atoms with Crippen molar-refractivity contribution >= 4 is 57.7 Å². The van der Waals surface area contributed by atoms with Gasteiger partial charge in [0.2, 0.25) is 40.7 Å². The maximum atomic E-state index is 14.8. The summed E-state index contributed by atoms with van der Waals surface area (Å²) in [6.45, 7) is -0.259. The standard InChI is InChI=1S/C32H18Cl2F6N2O3S/c33-16-7-8-18-19(13-41-22(18)11-16)30-32(46-17-4-2-1-3-5-17,12-23(43)42(30)14-15-6-9-20(34)21(35)10-15)31(44)45-29-27(39)25(37)24(36)26(38)28(29)40/h1-11,13,30,41H,12,14H2/t30-,32-/m0/s1. The number of likely N-dealkylation sites (tertiary alicyclic amines) is 1. The largest absolute Gasteiger partial charge is 0.419 e. The highest BCUT2D eigenvalue weighted by Gasteiger charge is 2.60. The van der Waals surface area contributed by atoms with Crippen molar-refractivity contribution in [2.45, 2.75) is 28.6 Å². The van der Waals surface area contributed by atoms with Crippen molar-refractivity contribution in [3.8, 4) is 5.75 Å². The number of nitrogens with one attached hydrogen (secondary N) is 1. The van der Waals surface area contributed by atoms with Gasteiger partial charge < -0.3 is 14.6 Å². The first-order chi connectivity index (χ1) is 21.9. The lowest BCUT2D eigenvalue weighted by molar-refractivity contribution is -0.138. The Bertz CT molecular complexity index is 2000. The average molecular weight is 695 g/mol. The molecule has 1 aliphatic heterocycles. The Hall–Kier alpha value is -4.13. The molecule has 46 heavy (non-hydrogen) atoms. The summed E-state index contributed by atoms with van der Waals surface area (Å²) >= 11 is 12.8. The third-order valence-electron chi connectivity index (χ3n) is 7.55. The number of rotatable bonds is 7. The molecule has 2 atom stereocenters. The van der Waals surface area contributed by atoms with Gasteiger partial charge in [-0.2, -0.15) is 8.78 Å². The molecule has 0 radical (unpaired) electrons. The van der Waals surface area contributed by atoms with Crippen molar-refractivity contribution in [2.75, 3.05) is 0 Å². The van der Waals surface area contributed by atoms with Crippen LogP contribution < -0.4 is 4.74 Å². The van der Waals surface area contributed by atoms with Crippen molar-refractivity contribution in [1.82, 2.24) is 9.88 Å². The summed E-state index contributed by atoms with van der Waals surface area (Å²) in [7, 11) is 0. The Morgan fingerprint density at radius 1 is 0.913 bits per heavy atom. The van der Waals surface area contributed by atoms with Crippen LogP contribution in [0.25, 0.3) is 10.9 Å². The van der Waals surface area contributed by atoms with Crippen LogP contribution >= 0.6 is 35.0 Å². The van der Waals surface area contributed by atoms with Crippen LogP contribution in [-0.4, -0.2) is 26.5 Å². The zero-order chi connectivity index (χ0) is 32.9. The molecule has 4 aromatic carbocycles. The van der Waals surface area contributed by atoms with E-state index in [2.05, 4.69) is 4.98 Å². The molecule has 5 aromatic rings. The molecule has 0 aliphatic carbocycles. The van der Waals surface area contributed by atoms with Gasteiger partial charge in [0, 0.05) is 39.1 Å². The number of benzene rings is 4. The number of aromatic amines is 1. The van der Waals surface area contributed by atoms with Crippen LogP contribution in [0.15, 0.2) is 77.8 Å². The van der Waals surface area contributed by atoms with E-state index in [4.69, 9.17) is 27.9 Å². The normalized spacial score (nSPS) is 18.0. The molecule has 1 aliphatic rings. The van der Waals surface area contributed by atoms with Crippen LogP contribution in [-0.2, 0) is 16.1 Å². The van der Waals surface area contributed by atoms with E-state index in [9.17, 15) is 35.9 Å². The summed E-state index contributed by atoms with van der Waals surface area (Å²) in [6.07, 6.45) is 0.869. The van der Waals surface area contributed by atoms with Gasteiger partial charge in [0.1, 0.15) is 5.82 Å². The maximum Gasteiger partial charge on any atom is 0.331 e.